The SMILES string of the molecule is C#CCSc1ccc(NC(=O)C2(CC)CC2)cc1C(F)(F)F. The Kier molecular flexibility index (Phi) is 4.76. The van der Waals surface area contributed by atoms with Crippen LogP contribution in [0.2, 0.25) is 0 Å². The second-order valence-corrected chi connectivity index (χ2v) is 6.31. The van der Waals surface area contributed by atoms with Gasteiger partial charge in [0.15, 0.2) is 0 Å². The van der Waals surface area contributed by atoms with Crippen molar-refractivity contribution in [1.82, 2.24) is 0 Å². The molecule has 1 aliphatic rings. The van der Waals surface area contributed by atoms with Crippen LogP contribution in [0.15, 0.2) is 23.1 Å². The van der Waals surface area contributed by atoms with E-state index in [1.54, 1.807) is 0 Å². The molecule has 0 spiro atoms. The number of terminal acetylenes is 1. The third-order valence-corrected chi connectivity index (χ3v) is 4.84. The number of anilines is 1. The van der Waals surface area contributed by atoms with Crippen molar-refractivity contribution in [3.8, 4) is 12.3 Å². The zero-order valence-corrected chi connectivity index (χ0v) is 12.9. The van der Waals surface area contributed by atoms with E-state index in [2.05, 4.69) is 11.2 Å². The fourth-order valence-corrected chi connectivity index (χ4v) is 2.96. The van der Waals surface area contributed by atoms with Crippen LogP contribution in [0.1, 0.15) is 31.7 Å². The fourth-order valence-electron chi connectivity index (χ4n) is 2.23. The molecule has 0 heterocycles. The summed E-state index contributed by atoms with van der Waals surface area (Å²) in [6, 6.07) is 3.81. The van der Waals surface area contributed by atoms with Crippen molar-refractivity contribution in [2.45, 2.75) is 37.3 Å². The third kappa shape index (κ3) is 3.58. The fraction of sp³-hybridized carbons (Fsp3) is 0.438. The van der Waals surface area contributed by atoms with Crippen LogP contribution in [-0.2, 0) is 11.0 Å². The van der Waals surface area contributed by atoms with Gasteiger partial charge in [-0.15, -0.1) is 18.2 Å². The van der Waals surface area contributed by atoms with E-state index in [9.17, 15) is 18.0 Å². The van der Waals surface area contributed by atoms with Gasteiger partial charge in [-0.3, -0.25) is 4.79 Å². The number of halogens is 3. The van der Waals surface area contributed by atoms with Gasteiger partial charge in [-0.2, -0.15) is 13.2 Å². The first-order valence-corrected chi connectivity index (χ1v) is 7.90. The summed E-state index contributed by atoms with van der Waals surface area (Å²) in [5, 5.41) is 2.60. The number of amides is 1. The molecule has 0 aliphatic heterocycles. The van der Waals surface area contributed by atoms with Crippen molar-refractivity contribution in [3.63, 3.8) is 0 Å². The Bertz CT molecular complexity index is 615. The van der Waals surface area contributed by atoms with Crippen molar-refractivity contribution in [2.75, 3.05) is 11.1 Å². The largest absolute Gasteiger partial charge is 0.417 e. The normalized spacial score (nSPS) is 16.0. The first kappa shape index (κ1) is 16.8. The van der Waals surface area contributed by atoms with Crippen molar-refractivity contribution in [1.29, 1.82) is 0 Å². The minimum Gasteiger partial charge on any atom is -0.326 e. The quantitative estimate of drug-likeness (QED) is 0.634. The molecule has 0 saturated heterocycles. The van der Waals surface area contributed by atoms with Gasteiger partial charge in [-0.05, 0) is 37.5 Å². The van der Waals surface area contributed by atoms with E-state index in [1.165, 1.54) is 12.1 Å². The van der Waals surface area contributed by atoms with E-state index in [0.717, 1.165) is 30.7 Å². The number of alkyl halides is 3. The molecule has 0 unspecified atom stereocenters. The molecule has 1 amide bonds. The molecule has 1 N–H and O–H groups in total. The number of nitrogens with one attached hydrogen (secondary N) is 1. The van der Waals surface area contributed by atoms with Crippen LogP contribution < -0.4 is 5.32 Å². The van der Waals surface area contributed by atoms with Crippen LogP contribution in [0.4, 0.5) is 18.9 Å². The van der Waals surface area contributed by atoms with Crippen LogP contribution in [0.3, 0.4) is 0 Å². The highest BCUT2D eigenvalue weighted by Gasteiger charge is 2.48. The predicted molar refractivity (Wildman–Crippen MR) is 81.6 cm³/mol. The Hall–Kier alpha value is -1.61. The van der Waals surface area contributed by atoms with E-state index in [0.29, 0.717) is 6.42 Å². The zero-order valence-electron chi connectivity index (χ0n) is 12.1. The average Bonchev–Trinajstić information content (AvgIpc) is 3.26. The second kappa shape index (κ2) is 6.25. The summed E-state index contributed by atoms with van der Waals surface area (Å²) in [5.41, 5.74) is -0.996. The number of rotatable bonds is 5. The lowest BCUT2D eigenvalue weighted by molar-refractivity contribution is -0.139. The van der Waals surface area contributed by atoms with Gasteiger partial charge >= 0.3 is 6.18 Å². The Morgan fingerprint density at radius 3 is 2.64 bits per heavy atom. The van der Waals surface area contributed by atoms with Crippen molar-refractivity contribution < 1.29 is 18.0 Å². The Morgan fingerprint density at radius 2 is 2.14 bits per heavy atom. The van der Waals surface area contributed by atoms with Gasteiger partial charge in [0.25, 0.3) is 0 Å². The lowest BCUT2D eigenvalue weighted by atomic mass is 10.0. The van der Waals surface area contributed by atoms with Crippen LogP contribution in [0.25, 0.3) is 0 Å². The number of carbonyl (C=O) groups excluding carboxylic acids is 1. The van der Waals surface area contributed by atoms with Crippen molar-refractivity contribution >= 4 is 23.4 Å². The predicted octanol–water partition coefficient (Wildman–Crippen LogP) is 4.56. The Balaban J connectivity index is 2.23. The first-order chi connectivity index (χ1) is 10.3. The van der Waals surface area contributed by atoms with E-state index < -0.39 is 17.2 Å². The topological polar surface area (TPSA) is 29.1 Å². The second-order valence-electron chi connectivity index (χ2n) is 5.29. The summed E-state index contributed by atoms with van der Waals surface area (Å²) in [7, 11) is 0. The van der Waals surface area contributed by atoms with Gasteiger partial charge in [0.2, 0.25) is 5.91 Å². The monoisotopic (exact) mass is 327 g/mol. The van der Waals surface area contributed by atoms with Gasteiger partial charge in [-0.25, -0.2) is 0 Å². The molecule has 1 aliphatic carbocycles. The molecule has 0 radical (unpaired) electrons. The number of hydrogen-bond acceptors (Lipinski definition) is 2. The molecule has 1 aromatic rings. The van der Waals surface area contributed by atoms with Crippen LogP contribution >= 0.6 is 11.8 Å². The maximum atomic E-state index is 13.1. The summed E-state index contributed by atoms with van der Waals surface area (Å²) >= 11 is 0.955. The number of hydrogen-bond donors (Lipinski definition) is 1. The van der Waals surface area contributed by atoms with Crippen LogP contribution in [0.5, 0.6) is 0 Å². The summed E-state index contributed by atoms with van der Waals surface area (Å²) in [6.07, 6.45) is 2.88. The summed E-state index contributed by atoms with van der Waals surface area (Å²) in [6.45, 7) is 1.91. The Morgan fingerprint density at radius 1 is 1.45 bits per heavy atom. The third-order valence-electron chi connectivity index (χ3n) is 3.87. The number of carbonyl (C=O) groups is 1. The summed E-state index contributed by atoms with van der Waals surface area (Å²) in [4.78, 5) is 12.2. The molecular formula is C16H16F3NOS. The highest BCUT2D eigenvalue weighted by atomic mass is 32.2. The van der Waals surface area contributed by atoms with Gasteiger partial charge < -0.3 is 5.32 Å². The molecule has 6 heteroatoms. The minimum absolute atomic E-state index is 0.0695. The van der Waals surface area contributed by atoms with Gasteiger partial charge in [0.1, 0.15) is 0 Å². The maximum absolute atomic E-state index is 13.1. The zero-order chi connectivity index (χ0) is 16.4. The summed E-state index contributed by atoms with van der Waals surface area (Å²) < 4.78 is 39.4. The standard InChI is InChI=1S/C16H16F3NOS/c1-3-9-22-13-6-5-11(10-12(13)16(17,18)19)20-14(21)15(4-2)7-8-15/h1,5-6,10H,4,7-9H2,2H3,(H,20,21). The van der Waals surface area contributed by atoms with Gasteiger partial charge in [0.05, 0.1) is 11.3 Å². The molecule has 0 bridgehead atoms. The van der Waals surface area contributed by atoms with Gasteiger partial charge in [-0.1, -0.05) is 12.8 Å². The summed E-state index contributed by atoms with van der Waals surface area (Å²) in [5.74, 6) is 2.26. The average molecular weight is 327 g/mol. The molecule has 118 valence electrons. The molecule has 22 heavy (non-hydrogen) atoms. The highest BCUT2D eigenvalue weighted by Crippen LogP contribution is 2.49. The number of benzene rings is 1. The van der Waals surface area contributed by atoms with E-state index in [-0.39, 0.29) is 22.2 Å². The van der Waals surface area contributed by atoms with Crippen molar-refractivity contribution in [2.24, 2.45) is 5.41 Å². The minimum atomic E-state index is -4.49. The molecular weight excluding hydrogens is 311 g/mol. The molecule has 1 saturated carbocycles. The number of thioether (sulfide) groups is 1. The first-order valence-electron chi connectivity index (χ1n) is 6.91. The molecule has 1 aromatic carbocycles. The maximum Gasteiger partial charge on any atom is 0.417 e. The molecule has 0 atom stereocenters. The van der Waals surface area contributed by atoms with Gasteiger partial charge in [0, 0.05) is 16.0 Å². The lowest BCUT2D eigenvalue weighted by Crippen LogP contribution is -2.23. The van der Waals surface area contributed by atoms with E-state index in [1.807, 2.05) is 6.92 Å². The molecule has 2 nitrogen and oxygen atoms in total. The molecule has 0 aromatic heterocycles. The highest BCUT2D eigenvalue weighted by molar-refractivity contribution is 7.99. The Labute approximate surface area is 131 Å². The molecule has 1 fully saturated rings. The lowest BCUT2D eigenvalue weighted by Gasteiger charge is -2.16. The van der Waals surface area contributed by atoms with Crippen molar-refractivity contribution in [3.05, 3.63) is 23.8 Å². The van der Waals surface area contributed by atoms with E-state index >= 15 is 0 Å². The smallest absolute Gasteiger partial charge is 0.326 e. The van der Waals surface area contributed by atoms with Crippen LogP contribution in [0, 0.1) is 17.8 Å². The van der Waals surface area contributed by atoms with E-state index in [4.69, 9.17) is 6.42 Å². The van der Waals surface area contributed by atoms with Crippen LogP contribution in [-0.4, -0.2) is 11.7 Å². The molecule has 2 rings (SSSR count).